The lowest BCUT2D eigenvalue weighted by molar-refractivity contribution is -0.149. The third-order valence-electron chi connectivity index (χ3n) is 4.85. The fourth-order valence-corrected chi connectivity index (χ4v) is 3.70. The van der Waals surface area contributed by atoms with Gasteiger partial charge in [0.1, 0.15) is 23.1 Å². The number of halogens is 1. The number of carbonyl (C=O) groups excluding carboxylic acids is 2. The van der Waals surface area contributed by atoms with E-state index in [0.717, 1.165) is 11.3 Å². The molecule has 0 spiro atoms. The molecule has 0 radical (unpaired) electrons. The quantitative estimate of drug-likeness (QED) is 0.393. The van der Waals surface area contributed by atoms with Gasteiger partial charge in [-0.2, -0.15) is 0 Å². The van der Waals surface area contributed by atoms with Crippen LogP contribution in [0.25, 0.3) is 0 Å². The van der Waals surface area contributed by atoms with Crippen molar-refractivity contribution in [2.45, 2.75) is 31.4 Å². The van der Waals surface area contributed by atoms with Crippen molar-refractivity contribution in [2.24, 2.45) is 5.92 Å². The van der Waals surface area contributed by atoms with Crippen LogP contribution in [0, 0.1) is 5.92 Å². The van der Waals surface area contributed by atoms with Gasteiger partial charge in [0.2, 0.25) is 5.91 Å². The van der Waals surface area contributed by atoms with Crippen LogP contribution in [-0.4, -0.2) is 41.4 Å². The SMILES string of the molecule is CCOC(=O)[C@H]1/C=C/C[C@@H](Oc2ccccc2)CN(Cc2ccccc2)C(=O)[C@@H]1Cl. The summed E-state index contributed by atoms with van der Waals surface area (Å²) in [6.07, 6.45) is 3.78. The van der Waals surface area contributed by atoms with Crippen molar-refractivity contribution in [2.75, 3.05) is 13.2 Å². The number of esters is 1. The zero-order valence-electron chi connectivity index (χ0n) is 16.9. The molecular formula is C24H26ClNO4. The molecule has 158 valence electrons. The van der Waals surface area contributed by atoms with Gasteiger partial charge in [-0.25, -0.2) is 0 Å². The highest BCUT2D eigenvalue weighted by Gasteiger charge is 2.36. The van der Waals surface area contributed by atoms with Gasteiger partial charge in [-0.3, -0.25) is 9.59 Å². The maximum Gasteiger partial charge on any atom is 0.314 e. The lowest BCUT2D eigenvalue weighted by atomic mass is 10.0. The lowest BCUT2D eigenvalue weighted by Crippen LogP contribution is -2.45. The molecule has 1 aliphatic heterocycles. The maximum atomic E-state index is 13.3. The Morgan fingerprint density at radius 3 is 2.43 bits per heavy atom. The van der Waals surface area contributed by atoms with Gasteiger partial charge in [0, 0.05) is 13.0 Å². The Balaban J connectivity index is 1.87. The van der Waals surface area contributed by atoms with Gasteiger partial charge in [-0.1, -0.05) is 60.7 Å². The first-order chi connectivity index (χ1) is 14.6. The molecule has 2 aromatic rings. The molecule has 3 atom stereocenters. The molecule has 0 aromatic heterocycles. The second-order valence-electron chi connectivity index (χ2n) is 7.10. The van der Waals surface area contributed by atoms with Crippen LogP contribution in [0.5, 0.6) is 5.75 Å². The second-order valence-corrected chi connectivity index (χ2v) is 7.57. The summed E-state index contributed by atoms with van der Waals surface area (Å²) in [6.45, 7) is 2.69. The zero-order chi connectivity index (χ0) is 21.3. The van der Waals surface area contributed by atoms with Gasteiger partial charge in [0.25, 0.3) is 0 Å². The van der Waals surface area contributed by atoms with Crippen LogP contribution in [0.15, 0.2) is 72.8 Å². The number of carbonyl (C=O) groups is 2. The molecule has 1 heterocycles. The molecular weight excluding hydrogens is 402 g/mol. The standard InChI is InChI=1S/C24H26ClNO4/c1-2-29-24(28)21-15-9-14-20(30-19-12-7-4-8-13-19)17-26(23(27)22(21)25)16-18-10-5-3-6-11-18/h3-13,15,20-22H,2,14,16-17H2,1H3/b15-9+/t20-,21+,22-/m1/s1. The normalized spacial score (nSPS) is 23.1. The van der Waals surface area contributed by atoms with Crippen LogP contribution in [0.1, 0.15) is 18.9 Å². The van der Waals surface area contributed by atoms with E-state index in [1.807, 2.05) is 66.7 Å². The van der Waals surface area contributed by atoms with Crippen LogP contribution < -0.4 is 4.74 Å². The summed E-state index contributed by atoms with van der Waals surface area (Å²) in [5.41, 5.74) is 0.980. The number of alkyl halides is 1. The first-order valence-electron chi connectivity index (χ1n) is 10.1. The number of benzene rings is 2. The predicted molar refractivity (Wildman–Crippen MR) is 116 cm³/mol. The fourth-order valence-electron chi connectivity index (χ4n) is 3.37. The predicted octanol–water partition coefficient (Wildman–Crippen LogP) is 4.21. The van der Waals surface area contributed by atoms with Crippen LogP contribution in [0.4, 0.5) is 0 Å². The maximum absolute atomic E-state index is 13.3. The minimum Gasteiger partial charge on any atom is -0.488 e. The molecule has 0 N–H and O–H groups in total. The van der Waals surface area contributed by atoms with Gasteiger partial charge < -0.3 is 14.4 Å². The van der Waals surface area contributed by atoms with Crippen molar-refractivity contribution >= 4 is 23.5 Å². The molecule has 0 unspecified atom stereocenters. The molecule has 5 nitrogen and oxygen atoms in total. The van der Waals surface area contributed by atoms with Gasteiger partial charge in [0.05, 0.1) is 13.2 Å². The molecule has 0 aliphatic carbocycles. The molecule has 1 aliphatic rings. The molecule has 30 heavy (non-hydrogen) atoms. The number of ether oxygens (including phenoxy) is 2. The molecule has 2 aromatic carbocycles. The smallest absolute Gasteiger partial charge is 0.314 e. The van der Waals surface area contributed by atoms with Crippen molar-refractivity contribution < 1.29 is 19.1 Å². The minimum atomic E-state index is -1.04. The summed E-state index contributed by atoms with van der Waals surface area (Å²) < 4.78 is 11.3. The van der Waals surface area contributed by atoms with Crippen LogP contribution in [-0.2, 0) is 20.9 Å². The first-order valence-corrected chi connectivity index (χ1v) is 10.5. The minimum absolute atomic E-state index is 0.231. The van der Waals surface area contributed by atoms with Gasteiger partial charge in [-0.05, 0) is 24.6 Å². The first kappa shape index (κ1) is 21.9. The topological polar surface area (TPSA) is 55.8 Å². The van der Waals surface area contributed by atoms with Crippen molar-refractivity contribution in [1.29, 1.82) is 0 Å². The number of rotatable bonds is 6. The van der Waals surface area contributed by atoms with Crippen LogP contribution >= 0.6 is 11.6 Å². The Morgan fingerprint density at radius 1 is 1.10 bits per heavy atom. The summed E-state index contributed by atoms with van der Waals surface area (Å²) in [5, 5.41) is -1.04. The Labute approximate surface area is 182 Å². The van der Waals surface area contributed by atoms with Crippen molar-refractivity contribution in [3.05, 3.63) is 78.4 Å². The van der Waals surface area contributed by atoms with E-state index in [4.69, 9.17) is 21.1 Å². The average Bonchev–Trinajstić information content (AvgIpc) is 2.81. The number of para-hydroxylation sites is 1. The number of nitrogens with zero attached hydrogens (tertiary/aromatic N) is 1. The highest BCUT2D eigenvalue weighted by molar-refractivity contribution is 6.32. The summed E-state index contributed by atoms with van der Waals surface area (Å²) in [7, 11) is 0. The molecule has 0 saturated carbocycles. The summed E-state index contributed by atoms with van der Waals surface area (Å²) in [5.74, 6) is -0.921. The van der Waals surface area contributed by atoms with Crippen molar-refractivity contribution in [1.82, 2.24) is 4.90 Å². The van der Waals surface area contributed by atoms with E-state index >= 15 is 0 Å². The van der Waals surface area contributed by atoms with E-state index in [-0.39, 0.29) is 18.6 Å². The average molecular weight is 428 g/mol. The van der Waals surface area contributed by atoms with Crippen molar-refractivity contribution in [3.63, 3.8) is 0 Å². The molecule has 0 bridgehead atoms. The van der Waals surface area contributed by atoms with E-state index in [1.54, 1.807) is 17.9 Å². The van der Waals surface area contributed by atoms with Gasteiger partial charge in [-0.15, -0.1) is 11.6 Å². The lowest BCUT2D eigenvalue weighted by Gasteiger charge is -2.29. The second kappa shape index (κ2) is 10.8. The summed E-state index contributed by atoms with van der Waals surface area (Å²) in [4.78, 5) is 27.3. The van der Waals surface area contributed by atoms with Crippen LogP contribution in [0.2, 0.25) is 0 Å². The highest BCUT2D eigenvalue weighted by Crippen LogP contribution is 2.23. The third kappa shape index (κ3) is 5.86. The van der Waals surface area contributed by atoms with Gasteiger partial charge in [0.15, 0.2) is 0 Å². The number of amides is 1. The van der Waals surface area contributed by atoms with Crippen LogP contribution in [0.3, 0.4) is 0 Å². The Morgan fingerprint density at radius 2 is 1.77 bits per heavy atom. The van der Waals surface area contributed by atoms with E-state index in [1.165, 1.54) is 0 Å². The molecule has 3 rings (SSSR count). The fraction of sp³-hybridized carbons (Fsp3) is 0.333. The number of hydrogen-bond donors (Lipinski definition) is 0. The molecule has 6 heteroatoms. The monoisotopic (exact) mass is 427 g/mol. The Hall–Kier alpha value is -2.79. The van der Waals surface area contributed by atoms with E-state index in [2.05, 4.69) is 0 Å². The van der Waals surface area contributed by atoms with E-state index < -0.39 is 17.3 Å². The van der Waals surface area contributed by atoms with E-state index in [0.29, 0.717) is 19.5 Å². The number of hydrogen-bond acceptors (Lipinski definition) is 4. The molecule has 0 fully saturated rings. The van der Waals surface area contributed by atoms with E-state index in [9.17, 15) is 9.59 Å². The van der Waals surface area contributed by atoms with Gasteiger partial charge >= 0.3 is 5.97 Å². The highest BCUT2D eigenvalue weighted by atomic mass is 35.5. The Bertz CT molecular complexity index is 856. The summed E-state index contributed by atoms with van der Waals surface area (Å²) in [6, 6.07) is 19.2. The third-order valence-corrected chi connectivity index (χ3v) is 5.31. The van der Waals surface area contributed by atoms with Crippen molar-refractivity contribution in [3.8, 4) is 5.75 Å². The largest absolute Gasteiger partial charge is 0.488 e. The summed E-state index contributed by atoms with van der Waals surface area (Å²) >= 11 is 6.50. The molecule has 0 saturated heterocycles. The molecule has 1 amide bonds. The Kier molecular flexibility index (Phi) is 7.91. The zero-order valence-corrected chi connectivity index (χ0v) is 17.7.